The smallest absolute Gasteiger partial charge is 0.321 e. The first-order chi connectivity index (χ1) is 10.5. The maximum Gasteiger partial charge on any atom is 0.321 e. The number of para-hydroxylation sites is 1. The molecule has 1 heterocycles. The third-order valence-corrected chi connectivity index (χ3v) is 3.50. The SMILES string of the molecule is CC(C)NC(=O)CN1CCN(C(=O)Nc2ccccc2)CC1. The Morgan fingerprint density at radius 1 is 1.09 bits per heavy atom. The minimum absolute atomic E-state index is 0.0391. The second-order valence-electron chi connectivity index (χ2n) is 5.78. The molecule has 6 nitrogen and oxygen atoms in total. The topological polar surface area (TPSA) is 64.7 Å². The molecule has 0 unspecified atom stereocenters. The van der Waals surface area contributed by atoms with E-state index in [1.807, 2.05) is 44.2 Å². The Hall–Kier alpha value is -2.08. The monoisotopic (exact) mass is 304 g/mol. The van der Waals surface area contributed by atoms with Gasteiger partial charge in [-0.15, -0.1) is 0 Å². The molecule has 2 rings (SSSR count). The van der Waals surface area contributed by atoms with E-state index in [1.54, 1.807) is 4.90 Å². The molecule has 0 aromatic heterocycles. The maximum atomic E-state index is 12.2. The molecule has 2 N–H and O–H groups in total. The average molecular weight is 304 g/mol. The van der Waals surface area contributed by atoms with Gasteiger partial charge in [0.1, 0.15) is 0 Å². The molecule has 0 bridgehead atoms. The van der Waals surface area contributed by atoms with E-state index in [2.05, 4.69) is 15.5 Å². The predicted molar refractivity (Wildman–Crippen MR) is 86.8 cm³/mol. The summed E-state index contributed by atoms with van der Waals surface area (Å²) < 4.78 is 0. The van der Waals surface area contributed by atoms with Crippen LogP contribution in [0.3, 0.4) is 0 Å². The van der Waals surface area contributed by atoms with E-state index < -0.39 is 0 Å². The molecule has 1 aromatic rings. The van der Waals surface area contributed by atoms with E-state index in [0.717, 1.165) is 5.69 Å². The van der Waals surface area contributed by atoms with E-state index >= 15 is 0 Å². The normalized spacial score (nSPS) is 15.7. The van der Waals surface area contributed by atoms with Gasteiger partial charge >= 0.3 is 6.03 Å². The van der Waals surface area contributed by atoms with Gasteiger partial charge < -0.3 is 15.5 Å². The zero-order valence-electron chi connectivity index (χ0n) is 13.2. The van der Waals surface area contributed by atoms with Crippen molar-refractivity contribution >= 4 is 17.6 Å². The number of hydrogen-bond acceptors (Lipinski definition) is 3. The number of rotatable bonds is 4. The van der Waals surface area contributed by atoms with Crippen LogP contribution in [-0.2, 0) is 4.79 Å². The van der Waals surface area contributed by atoms with Crippen molar-refractivity contribution in [3.63, 3.8) is 0 Å². The van der Waals surface area contributed by atoms with Crippen molar-refractivity contribution in [3.05, 3.63) is 30.3 Å². The quantitative estimate of drug-likeness (QED) is 0.883. The minimum Gasteiger partial charge on any atom is -0.353 e. The first-order valence-corrected chi connectivity index (χ1v) is 7.67. The molecular formula is C16H24N4O2. The van der Waals surface area contributed by atoms with Gasteiger partial charge in [0.25, 0.3) is 0 Å². The van der Waals surface area contributed by atoms with Crippen LogP contribution in [-0.4, -0.2) is 60.5 Å². The molecule has 1 saturated heterocycles. The van der Waals surface area contributed by atoms with Gasteiger partial charge in [0.2, 0.25) is 5.91 Å². The average Bonchev–Trinajstić information content (AvgIpc) is 2.48. The van der Waals surface area contributed by atoms with Crippen molar-refractivity contribution in [2.75, 3.05) is 38.0 Å². The molecule has 1 aliphatic heterocycles. The van der Waals surface area contributed by atoms with Crippen LogP contribution in [0.4, 0.5) is 10.5 Å². The van der Waals surface area contributed by atoms with Crippen molar-refractivity contribution in [3.8, 4) is 0 Å². The second-order valence-corrected chi connectivity index (χ2v) is 5.78. The Morgan fingerprint density at radius 2 is 1.73 bits per heavy atom. The number of urea groups is 1. The number of amides is 3. The van der Waals surface area contributed by atoms with Gasteiger partial charge in [0.15, 0.2) is 0 Å². The van der Waals surface area contributed by atoms with Crippen LogP contribution in [0, 0.1) is 0 Å². The van der Waals surface area contributed by atoms with Crippen molar-refractivity contribution in [1.29, 1.82) is 0 Å². The molecular weight excluding hydrogens is 280 g/mol. The highest BCUT2D eigenvalue weighted by molar-refractivity contribution is 5.89. The highest BCUT2D eigenvalue weighted by Gasteiger charge is 2.22. The van der Waals surface area contributed by atoms with Gasteiger partial charge in [-0.3, -0.25) is 9.69 Å². The molecule has 0 saturated carbocycles. The number of nitrogens with one attached hydrogen (secondary N) is 2. The van der Waals surface area contributed by atoms with E-state index in [-0.39, 0.29) is 18.0 Å². The molecule has 1 fully saturated rings. The largest absolute Gasteiger partial charge is 0.353 e. The van der Waals surface area contributed by atoms with Crippen LogP contribution in [0.2, 0.25) is 0 Å². The van der Waals surface area contributed by atoms with Gasteiger partial charge in [0.05, 0.1) is 6.54 Å². The number of carbonyl (C=O) groups excluding carboxylic acids is 2. The summed E-state index contributed by atoms with van der Waals surface area (Å²) in [5.74, 6) is 0.0391. The van der Waals surface area contributed by atoms with Crippen LogP contribution in [0.15, 0.2) is 30.3 Å². The summed E-state index contributed by atoms with van der Waals surface area (Å²) in [6.07, 6.45) is 0. The van der Waals surface area contributed by atoms with E-state index in [1.165, 1.54) is 0 Å². The Morgan fingerprint density at radius 3 is 2.32 bits per heavy atom. The Balaban J connectivity index is 1.75. The zero-order chi connectivity index (χ0) is 15.9. The Kier molecular flexibility index (Phi) is 5.77. The van der Waals surface area contributed by atoms with Crippen LogP contribution in [0.25, 0.3) is 0 Å². The lowest BCUT2D eigenvalue weighted by Gasteiger charge is -2.34. The summed E-state index contributed by atoms with van der Waals surface area (Å²) in [4.78, 5) is 27.7. The van der Waals surface area contributed by atoms with Gasteiger partial charge in [-0.2, -0.15) is 0 Å². The fourth-order valence-electron chi connectivity index (χ4n) is 2.40. The molecule has 0 radical (unpaired) electrons. The number of benzene rings is 1. The molecule has 120 valence electrons. The summed E-state index contributed by atoms with van der Waals surface area (Å²) in [7, 11) is 0. The van der Waals surface area contributed by atoms with Crippen molar-refractivity contribution in [1.82, 2.24) is 15.1 Å². The van der Waals surface area contributed by atoms with E-state index in [4.69, 9.17) is 0 Å². The number of anilines is 1. The molecule has 0 atom stereocenters. The fraction of sp³-hybridized carbons (Fsp3) is 0.500. The molecule has 3 amide bonds. The highest BCUT2D eigenvalue weighted by atomic mass is 16.2. The first kappa shape index (κ1) is 16.3. The minimum atomic E-state index is -0.0857. The molecule has 1 aliphatic rings. The third-order valence-electron chi connectivity index (χ3n) is 3.50. The lowest BCUT2D eigenvalue weighted by molar-refractivity contribution is -0.123. The molecule has 6 heteroatoms. The molecule has 22 heavy (non-hydrogen) atoms. The fourth-order valence-corrected chi connectivity index (χ4v) is 2.40. The summed E-state index contributed by atoms with van der Waals surface area (Å²) in [5.41, 5.74) is 0.797. The molecule has 0 aliphatic carbocycles. The maximum absolute atomic E-state index is 12.2. The summed E-state index contributed by atoms with van der Waals surface area (Å²) in [6.45, 7) is 6.99. The van der Waals surface area contributed by atoms with Crippen molar-refractivity contribution in [2.45, 2.75) is 19.9 Å². The van der Waals surface area contributed by atoms with Crippen LogP contribution in [0.1, 0.15) is 13.8 Å². The Bertz CT molecular complexity index is 496. The molecule has 1 aromatic carbocycles. The van der Waals surface area contributed by atoms with Gasteiger partial charge in [0, 0.05) is 37.9 Å². The second kappa shape index (κ2) is 7.79. The van der Waals surface area contributed by atoms with Crippen molar-refractivity contribution in [2.24, 2.45) is 0 Å². The lowest BCUT2D eigenvalue weighted by Crippen LogP contribution is -2.52. The third kappa shape index (κ3) is 5.04. The standard InChI is InChI=1S/C16H24N4O2/c1-13(2)17-15(21)12-19-8-10-20(11-9-19)16(22)18-14-6-4-3-5-7-14/h3-7,13H,8-12H2,1-2H3,(H,17,21)(H,18,22). The van der Waals surface area contributed by atoms with E-state index in [0.29, 0.717) is 32.7 Å². The van der Waals surface area contributed by atoms with Gasteiger partial charge in [-0.1, -0.05) is 18.2 Å². The zero-order valence-corrected chi connectivity index (χ0v) is 13.2. The summed E-state index contributed by atoms with van der Waals surface area (Å²) >= 11 is 0. The van der Waals surface area contributed by atoms with Crippen LogP contribution < -0.4 is 10.6 Å². The number of carbonyl (C=O) groups is 2. The molecule has 0 spiro atoms. The van der Waals surface area contributed by atoms with Gasteiger partial charge in [-0.05, 0) is 26.0 Å². The van der Waals surface area contributed by atoms with Gasteiger partial charge in [-0.25, -0.2) is 4.79 Å². The van der Waals surface area contributed by atoms with Crippen molar-refractivity contribution < 1.29 is 9.59 Å². The summed E-state index contributed by atoms with van der Waals surface area (Å²) in [5, 5.41) is 5.77. The highest BCUT2D eigenvalue weighted by Crippen LogP contribution is 2.08. The lowest BCUT2D eigenvalue weighted by atomic mass is 10.3. The predicted octanol–water partition coefficient (Wildman–Crippen LogP) is 1.36. The van der Waals surface area contributed by atoms with Crippen LogP contribution in [0.5, 0.6) is 0 Å². The Labute approximate surface area is 131 Å². The first-order valence-electron chi connectivity index (χ1n) is 7.67. The van der Waals surface area contributed by atoms with E-state index in [9.17, 15) is 9.59 Å². The number of nitrogens with zero attached hydrogens (tertiary/aromatic N) is 2. The summed E-state index contributed by atoms with van der Waals surface area (Å²) in [6, 6.07) is 9.50. The van der Waals surface area contributed by atoms with Crippen LogP contribution >= 0.6 is 0 Å². The number of hydrogen-bond donors (Lipinski definition) is 2. The number of piperazine rings is 1.